The molecule has 0 spiro atoms. The van der Waals surface area contributed by atoms with E-state index in [0.29, 0.717) is 11.9 Å². The Morgan fingerprint density at radius 3 is 2.95 bits per heavy atom. The molecule has 0 aromatic carbocycles. The highest BCUT2D eigenvalue weighted by Crippen LogP contribution is 2.19. The van der Waals surface area contributed by atoms with E-state index >= 15 is 0 Å². The summed E-state index contributed by atoms with van der Waals surface area (Å²) in [5, 5.41) is 8.92. The van der Waals surface area contributed by atoms with Crippen LogP contribution in [0.25, 0.3) is 0 Å². The van der Waals surface area contributed by atoms with Crippen molar-refractivity contribution in [3.05, 3.63) is 18.5 Å². The number of likely N-dealkylation sites (N-methyl/N-ethyl adjacent to an activating group) is 1. The molecule has 0 bridgehead atoms. The van der Waals surface area contributed by atoms with Crippen LogP contribution in [0.15, 0.2) is 18.5 Å². The highest BCUT2D eigenvalue weighted by molar-refractivity contribution is 5.81. The average Bonchev–Trinajstić information content (AvgIpc) is 2.89. The summed E-state index contributed by atoms with van der Waals surface area (Å²) in [5.41, 5.74) is 0. The summed E-state index contributed by atoms with van der Waals surface area (Å²) >= 11 is 0. The second-order valence-electron chi connectivity index (χ2n) is 4.91. The third kappa shape index (κ3) is 3.64. The molecule has 0 radical (unpaired) electrons. The molecule has 0 saturated carbocycles. The van der Waals surface area contributed by atoms with E-state index in [1.165, 1.54) is 0 Å². The molecule has 0 aliphatic carbocycles. The minimum atomic E-state index is 0.0930. The van der Waals surface area contributed by atoms with Gasteiger partial charge >= 0.3 is 0 Å². The summed E-state index contributed by atoms with van der Waals surface area (Å²) in [6.45, 7) is 2.02. The molecule has 1 aliphatic rings. The SMILES string of the molecule is CN(CC(=O)N1CCC(CCO)C1)c1ncccn1. The number of carbonyl (C=O) groups excluding carboxylic acids is 1. The standard InChI is InChI=1S/C13H20N4O2/c1-16(13-14-5-2-6-15-13)10-12(19)17-7-3-11(9-17)4-8-18/h2,5-6,11,18H,3-4,7-10H2,1H3. The number of rotatable bonds is 5. The molecule has 6 heteroatoms. The molecule has 2 rings (SSSR count). The summed E-state index contributed by atoms with van der Waals surface area (Å²) < 4.78 is 0. The molecular formula is C13H20N4O2. The normalized spacial score (nSPS) is 18.6. The van der Waals surface area contributed by atoms with Gasteiger partial charge in [-0.15, -0.1) is 0 Å². The molecule has 104 valence electrons. The van der Waals surface area contributed by atoms with Crippen molar-refractivity contribution in [2.45, 2.75) is 12.8 Å². The first-order chi connectivity index (χ1) is 9.20. The van der Waals surface area contributed by atoms with Gasteiger partial charge in [0.15, 0.2) is 0 Å². The number of hydrogen-bond donors (Lipinski definition) is 1. The zero-order valence-corrected chi connectivity index (χ0v) is 11.2. The van der Waals surface area contributed by atoms with E-state index in [0.717, 1.165) is 25.9 Å². The summed E-state index contributed by atoms with van der Waals surface area (Å²) in [4.78, 5) is 24.0. The summed E-state index contributed by atoms with van der Waals surface area (Å²) in [6.07, 6.45) is 5.09. The monoisotopic (exact) mass is 264 g/mol. The van der Waals surface area contributed by atoms with Crippen LogP contribution in [0.2, 0.25) is 0 Å². The van der Waals surface area contributed by atoms with Crippen LogP contribution in [-0.2, 0) is 4.79 Å². The number of aliphatic hydroxyl groups excluding tert-OH is 1. The molecule has 1 unspecified atom stereocenters. The Morgan fingerprint density at radius 1 is 1.53 bits per heavy atom. The zero-order valence-electron chi connectivity index (χ0n) is 11.2. The van der Waals surface area contributed by atoms with Crippen molar-refractivity contribution >= 4 is 11.9 Å². The lowest BCUT2D eigenvalue weighted by atomic mass is 10.1. The third-order valence-electron chi connectivity index (χ3n) is 3.44. The lowest BCUT2D eigenvalue weighted by molar-refractivity contribution is -0.128. The van der Waals surface area contributed by atoms with Gasteiger partial charge in [0, 0.05) is 39.1 Å². The van der Waals surface area contributed by atoms with E-state index in [1.54, 1.807) is 23.4 Å². The molecular weight excluding hydrogens is 244 g/mol. The van der Waals surface area contributed by atoms with Crippen molar-refractivity contribution in [2.75, 3.05) is 38.2 Å². The zero-order chi connectivity index (χ0) is 13.7. The predicted octanol–water partition coefficient (Wildman–Crippen LogP) is 0.144. The summed E-state index contributed by atoms with van der Waals surface area (Å²) in [6, 6.07) is 1.75. The highest BCUT2D eigenvalue weighted by atomic mass is 16.3. The molecule has 19 heavy (non-hydrogen) atoms. The number of aliphatic hydroxyl groups is 1. The maximum atomic E-state index is 12.1. The van der Waals surface area contributed by atoms with Crippen LogP contribution in [0.3, 0.4) is 0 Å². The van der Waals surface area contributed by atoms with Crippen molar-refractivity contribution in [2.24, 2.45) is 5.92 Å². The summed E-state index contributed by atoms with van der Waals surface area (Å²) in [7, 11) is 1.81. The van der Waals surface area contributed by atoms with Crippen molar-refractivity contribution in [1.29, 1.82) is 0 Å². The maximum Gasteiger partial charge on any atom is 0.242 e. The first-order valence-corrected chi connectivity index (χ1v) is 6.57. The quantitative estimate of drug-likeness (QED) is 0.819. The van der Waals surface area contributed by atoms with E-state index in [-0.39, 0.29) is 19.1 Å². The molecule has 1 atom stereocenters. The Labute approximate surface area is 113 Å². The minimum Gasteiger partial charge on any atom is -0.396 e. The van der Waals surface area contributed by atoms with Gasteiger partial charge in [0.05, 0.1) is 6.54 Å². The first kappa shape index (κ1) is 13.7. The van der Waals surface area contributed by atoms with Crippen molar-refractivity contribution < 1.29 is 9.90 Å². The van der Waals surface area contributed by atoms with Crippen molar-refractivity contribution in [1.82, 2.24) is 14.9 Å². The van der Waals surface area contributed by atoms with Gasteiger partial charge in [-0.25, -0.2) is 9.97 Å². The molecule has 1 aromatic rings. The largest absolute Gasteiger partial charge is 0.396 e. The van der Waals surface area contributed by atoms with E-state index in [2.05, 4.69) is 9.97 Å². The van der Waals surface area contributed by atoms with Gasteiger partial charge in [-0.1, -0.05) is 0 Å². The topological polar surface area (TPSA) is 69.6 Å². The van der Waals surface area contributed by atoms with Crippen LogP contribution in [0.5, 0.6) is 0 Å². The fraction of sp³-hybridized carbons (Fsp3) is 0.615. The molecule has 1 N–H and O–H groups in total. The van der Waals surface area contributed by atoms with Crippen LogP contribution >= 0.6 is 0 Å². The molecule has 2 heterocycles. The maximum absolute atomic E-state index is 12.1. The van der Waals surface area contributed by atoms with Crippen molar-refractivity contribution in [3.8, 4) is 0 Å². The smallest absolute Gasteiger partial charge is 0.242 e. The Kier molecular flexibility index (Phi) is 4.68. The van der Waals surface area contributed by atoms with E-state index in [9.17, 15) is 4.79 Å². The van der Waals surface area contributed by atoms with Gasteiger partial charge in [0.1, 0.15) is 0 Å². The fourth-order valence-corrected chi connectivity index (χ4v) is 2.34. The number of nitrogens with zero attached hydrogens (tertiary/aromatic N) is 4. The van der Waals surface area contributed by atoms with E-state index < -0.39 is 0 Å². The van der Waals surface area contributed by atoms with Gasteiger partial charge in [-0.2, -0.15) is 0 Å². The second-order valence-corrected chi connectivity index (χ2v) is 4.91. The molecule has 1 saturated heterocycles. The van der Waals surface area contributed by atoms with Gasteiger partial charge in [-0.3, -0.25) is 4.79 Å². The summed E-state index contributed by atoms with van der Waals surface area (Å²) in [5.74, 6) is 1.09. The van der Waals surface area contributed by atoms with Crippen LogP contribution in [0, 0.1) is 5.92 Å². The number of amides is 1. The number of aromatic nitrogens is 2. The van der Waals surface area contributed by atoms with Gasteiger partial charge in [-0.05, 0) is 24.8 Å². The van der Waals surface area contributed by atoms with Crippen LogP contribution < -0.4 is 4.90 Å². The number of anilines is 1. The van der Waals surface area contributed by atoms with Crippen LogP contribution in [-0.4, -0.2) is 59.2 Å². The van der Waals surface area contributed by atoms with E-state index in [1.807, 2.05) is 11.9 Å². The third-order valence-corrected chi connectivity index (χ3v) is 3.44. The lowest BCUT2D eigenvalue weighted by Gasteiger charge is -2.21. The van der Waals surface area contributed by atoms with Crippen LogP contribution in [0.1, 0.15) is 12.8 Å². The average molecular weight is 264 g/mol. The molecule has 1 fully saturated rings. The molecule has 1 aliphatic heterocycles. The number of likely N-dealkylation sites (tertiary alicyclic amines) is 1. The Morgan fingerprint density at radius 2 is 2.26 bits per heavy atom. The number of carbonyl (C=O) groups is 1. The molecule has 1 amide bonds. The van der Waals surface area contributed by atoms with Gasteiger partial charge in [0.25, 0.3) is 0 Å². The Bertz CT molecular complexity index is 412. The van der Waals surface area contributed by atoms with Crippen molar-refractivity contribution in [3.63, 3.8) is 0 Å². The lowest BCUT2D eigenvalue weighted by Crippen LogP contribution is -2.38. The van der Waals surface area contributed by atoms with Crippen LogP contribution in [0.4, 0.5) is 5.95 Å². The molecule has 6 nitrogen and oxygen atoms in total. The van der Waals surface area contributed by atoms with E-state index in [4.69, 9.17) is 5.11 Å². The van der Waals surface area contributed by atoms with Gasteiger partial charge in [0.2, 0.25) is 11.9 Å². The predicted molar refractivity (Wildman–Crippen MR) is 71.7 cm³/mol. The van der Waals surface area contributed by atoms with Gasteiger partial charge < -0.3 is 14.9 Å². The Hall–Kier alpha value is -1.69. The number of hydrogen-bond acceptors (Lipinski definition) is 5. The molecule has 1 aromatic heterocycles. The highest BCUT2D eigenvalue weighted by Gasteiger charge is 2.26. The second kappa shape index (κ2) is 6.47. The minimum absolute atomic E-state index is 0.0930. The fourth-order valence-electron chi connectivity index (χ4n) is 2.34. The Balaban J connectivity index is 1.85. The first-order valence-electron chi connectivity index (χ1n) is 6.57.